The van der Waals surface area contributed by atoms with E-state index in [0.29, 0.717) is 22.2 Å². The molecule has 29 heavy (non-hydrogen) atoms. The van der Waals surface area contributed by atoms with Crippen LogP contribution in [-0.4, -0.2) is 16.8 Å². The van der Waals surface area contributed by atoms with Gasteiger partial charge in [0, 0.05) is 18.0 Å². The predicted molar refractivity (Wildman–Crippen MR) is 115 cm³/mol. The number of anilines is 2. The van der Waals surface area contributed by atoms with Gasteiger partial charge in [0.15, 0.2) is 0 Å². The molecule has 0 aliphatic heterocycles. The van der Waals surface area contributed by atoms with E-state index in [1.807, 2.05) is 6.92 Å². The number of carbonyl (C=O) groups is 2. The molecule has 0 atom stereocenters. The molecule has 1 fully saturated rings. The van der Waals surface area contributed by atoms with Gasteiger partial charge in [-0.05, 0) is 43.9 Å². The fraction of sp³-hybridized carbons (Fsp3) is 0.500. The Balaban J connectivity index is 1.70. The van der Waals surface area contributed by atoms with Crippen LogP contribution in [0.1, 0.15) is 66.3 Å². The Hall–Kier alpha value is -2.28. The van der Waals surface area contributed by atoms with Crippen LogP contribution in [0.2, 0.25) is 0 Å². The quantitative estimate of drug-likeness (QED) is 0.646. The highest BCUT2D eigenvalue weighted by Gasteiger charge is 2.22. The molecule has 2 aromatic rings. The van der Waals surface area contributed by atoms with Crippen molar-refractivity contribution in [2.24, 2.45) is 11.8 Å². The molecule has 1 aromatic carbocycles. The van der Waals surface area contributed by atoms with E-state index < -0.39 is 5.82 Å². The van der Waals surface area contributed by atoms with Crippen LogP contribution >= 0.6 is 11.3 Å². The number of nitrogens with zero attached hydrogens (tertiary/aromatic N) is 1. The molecule has 2 amide bonds. The minimum atomic E-state index is -0.514. The Labute approximate surface area is 175 Å². The Bertz CT molecular complexity index is 888. The number of aromatic nitrogens is 1. The summed E-state index contributed by atoms with van der Waals surface area (Å²) in [5.41, 5.74) is 1.23. The van der Waals surface area contributed by atoms with E-state index in [1.54, 1.807) is 0 Å². The van der Waals surface area contributed by atoms with Gasteiger partial charge in [-0.2, -0.15) is 0 Å². The summed E-state index contributed by atoms with van der Waals surface area (Å²) in [7, 11) is 0. The number of amides is 2. The number of halogens is 1. The maximum Gasteiger partial charge on any atom is 0.267 e. The number of rotatable bonds is 6. The fourth-order valence-electron chi connectivity index (χ4n) is 3.59. The average molecular weight is 418 g/mol. The van der Waals surface area contributed by atoms with Gasteiger partial charge in [0.25, 0.3) is 5.91 Å². The lowest BCUT2D eigenvalue weighted by molar-refractivity contribution is -0.120. The summed E-state index contributed by atoms with van der Waals surface area (Å²) >= 11 is 1.38. The molecule has 5 nitrogen and oxygen atoms in total. The van der Waals surface area contributed by atoms with Gasteiger partial charge in [-0.1, -0.05) is 33.1 Å². The van der Waals surface area contributed by atoms with Gasteiger partial charge < -0.3 is 10.6 Å². The lowest BCUT2D eigenvalue weighted by Crippen LogP contribution is -2.25. The molecule has 1 aromatic heterocycles. The number of carbonyl (C=O) groups excluding carboxylic acids is 2. The predicted octanol–water partition coefficient (Wildman–Crippen LogP) is 5.56. The number of aryl methyl sites for hydroxylation is 1. The van der Waals surface area contributed by atoms with E-state index >= 15 is 0 Å². The normalized spacial score (nSPS) is 14.8. The third-order valence-electron chi connectivity index (χ3n) is 5.09. The molecule has 1 saturated carbocycles. The van der Waals surface area contributed by atoms with Crippen molar-refractivity contribution in [3.8, 4) is 0 Å². The zero-order valence-corrected chi connectivity index (χ0v) is 18.0. The molecule has 1 heterocycles. The van der Waals surface area contributed by atoms with E-state index in [0.717, 1.165) is 43.5 Å². The average Bonchev–Trinajstić information content (AvgIpc) is 3.04. The molecule has 0 spiro atoms. The molecule has 156 valence electrons. The van der Waals surface area contributed by atoms with E-state index in [9.17, 15) is 14.0 Å². The lowest BCUT2D eigenvalue weighted by atomic mass is 9.88. The molecular weight excluding hydrogens is 389 g/mol. The van der Waals surface area contributed by atoms with Gasteiger partial charge in [0.2, 0.25) is 5.91 Å². The van der Waals surface area contributed by atoms with Crippen LogP contribution in [-0.2, 0) is 11.2 Å². The minimum absolute atomic E-state index is 0.0689. The first-order valence-corrected chi connectivity index (χ1v) is 11.0. The van der Waals surface area contributed by atoms with Crippen LogP contribution in [0.4, 0.5) is 15.8 Å². The van der Waals surface area contributed by atoms with Crippen LogP contribution < -0.4 is 10.6 Å². The third kappa shape index (κ3) is 5.63. The van der Waals surface area contributed by atoms with Gasteiger partial charge in [0.05, 0.1) is 16.4 Å². The van der Waals surface area contributed by atoms with Gasteiger partial charge in [-0.25, -0.2) is 9.37 Å². The number of benzene rings is 1. The highest BCUT2D eigenvalue weighted by Crippen LogP contribution is 2.27. The van der Waals surface area contributed by atoms with Crippen molar-refractivity contribution in [2.75, 3.05) is 10.6 Å². The van der Waals surface area contributed by atoms with Crippen molar-refractivity contribution in [1.29, 1.82) is 0 Å². The number of nitrogens with one attached hydrogen (secondary N) is 2. The molecule has 0 radical (unpaired) electrons. The SMILES string of the molecule is Cc1nc(CC(C)C)sc1C(=O)Nc1ccc(F)c(NC(=O)C2CCCCC2)c1. The van der Waals surface area contributed by atoms with Crippen molar-refractivity contribution in [1.82, 2.24) is 4.98 Å². The summed E-state index contributed by atoms with van der Waals surface area (Å²) < 4.78 is 14.2. The third-order valence-corrected chi connectivity index (χ3v) is 6.27. The van der Waals surface area contributed by atoms with Crippen molar-refractivity contribution in [3.63, 3.8) is 0 Å². The van der Waals surface area contributed by atoms with E-state index in [2.05, 4.69) is 29.5 Å². The Morgan fingerprint density at radius 3 is 2.62 bits per heavy atom. The van der Waals surface area contributed by atoms with Crippen LogP contribution in [0.25, 0.3) is 0 Å². The summed E-state index contributed by atoms with van der Waals surface area (Å²) in [4.78, 5) is 30.1. The van der Waals surface area contributed by atoms with E-state index in [4.69, 9.17) is 0 Å². The highest BCUT2D eigenvalue weighted by atomic mass is 32.1. The van der Waals surface area contributed by atoms with Gasteiger partial charge in [-0.15, -0.1) is 11.3 Å². The van der Waals surface area contributed by atoms with Gasteiger partial charge >= 0.3 is 0 Å². The number of hydrogen-bond acceptors (Lipinski definition) is 4. The maximum absolute atomic E-state index is 14.2. The standard InChI is InChI=1S/C22H28FN3O2S/c1-13(2)11-19-24-14(3)20(29-19)22(28)25-16-9-10-17(23)18(12-16)26-21(27)15-7-5-4-6-8-15/h9-10,12-13,15H,4-8,11H2,1-3H3,(H,25,28)(H,26,27). The first-order chi connectivity index (χ1) is 13.8. The van der Waals surface area contributed by atoms with Crippen LogP contribution in [0, 0.1) is 24.6 Å². The fourth-order valence-corrected chi connectivity index (χ4v) is 4.76. The highest BCUT2D eigenvalue weighted by molar-refractivity contribution is 7.13. The van der Waals surface area contributed by atoms with Crippen molar-refractivity contribution >= 4 is 34.5 Å². The summed E-state index contributed by atoms with van der Waals surface area (Å²) in [6.45, 7) is 6.03. The first-order valence-electron chi connectivity index (χ1n) is 10.2. The van der Waals surface area contributed by atoms with Gasteiger partial charge in [-0.3, -0.25) is 9.59 Å². The zero-order valence-electron chi connectivity index (χ0n) is 17.2. The molecule has 3 rings (SSSR count). The van der Waals surface area contributed by atoms with Crippen molar-refractivity contribution in [2.45, 2.75) is 59.3 Å². The van der Waals surface area contributed by atoms with Crippen LogP contribution in [0.15, 0.2) is 18.2 Å². The second kappa shape index (κ2) is 9.48. The maximum atomic E-state index is 14.2. The first kappa shape index (κ1) is 21.4. The number of thiazole rings is 1. The Kier molecular flexibility index (Phi) is 7.00. The molecule has 2 N–H and O–H groups in total. The minimum Gasteiger partial charge on any atom is -0.323 e. The molecular formula is C22H28FN3O2S. The monoisotopic (exact) mass is 417 g/mol. The van der Waals surface area contributed by atoms with Crippen LogP contribution in [0.5, 0.6) is 0 Å². The Morgan fingerprint density at radius 2 is 1.93 bits per heavy atom. The van der Waals surface area contributed by atoms with E-state index in [1.165, 1.54) is 29.5 Å². The summed E-state index contributed by atoms with van der Waals surface area (Å²) in [5, 5.41) is 6.43. The van der Waals surface area contributed by atoms with Crippen LogP contribution in [0.3, 0.4) is 0 Å². The molecule has 7 heteroatoms. The molecule has 1 aliphatic carbocycles. The molecule has 0 unspecified atom stereocenters. The zero-order chi connectivity index (χ0) is 21.0. The second-order valence-corrected chi connectivity index (χ2v) is 9.18. The summed E-state index contributed by atoms with van der Waals surface area (Å²) in [6, 6.07) is 4.23. The summed E-state index contributed by atoms with van der Waals surface area (Å²) in [5.74, 6) is -0.542. The smallest absolute Gasteiger partial charge is 0.267 e. The molecule has 0 saturated heterocycles. The topological polar surface area (TPSA) is 71.1 Å². The van der Waals surface area contributed by atoms with E-state index in [-0.39, 0.29) is 23.4 Å². The lowest BCUT2D eigenvalue weighted by Gasteiger charge is -2.21. The Morgan fingerprint density at radius 1 is 1.21 bits per heavy atom. The number of hydrogen-bond donors (Lipinski definition) is 2. The molecule has 1 aliphatic rings. The van der Waals surface area contributed by atoms with Crippen molar-refractivity contribution in [3.05, 3.63) is 39.6 Å². The molecule has 0 bridgehead atoms. The largest absolute Gasteiger partial charge is 0.323 e. The summed E-state index contributed by atoms with van der Waals surface area (Å²) in [6.07, 6.45) is 5.72. The second-order valence-electron chi connectivity index (χ2n) is 8.09. The van der Waals surface area contributed by atoms with Gasteiger partial charge in [0.1, 0.15) is 10.7 Å². The van der Waals surface area contributed by atoms with Crippen molar-refractivity contribution < 1.29 is 14.0 Å².